The zero-order valence-corrected chi connectivity index (χ0v) is 27.4. The fraction of sp³-hybridized carbons (Fsp3) is 0.815. The van der Waals surface area contributed by atoms with Crippen molar-refractivity contribution in [1.82, 2.24) is 5.32 Å². The Morgan fingerprint density at radius 3 is 1.42 bits per heavy atom. The molecule has 43 heavy (non-hydrogen) atoms. The van der Waals surface area contributed by atoms with E-state index in [0.717, 1.165) is 31.6 Å². The lowest BCUT2D eigenvalue weighted by atomic mass is 10.0. The molecule has 0 saturated carbocycles. The predicted octanol–water partition coefficient (Wildman–Crippen LogP) is 0.918. The molecular weight excluding hydrogens is 586 g/mol. The summed E-state index contributed by atoms with van der Waals surface area (Å²) in [6.45, 7) is 12.1. The van der Waals surface area contributed by atoms with E-state index in [0.29, 0.717) is 18.8 Å². The molecule has 16 heteroatoms. The number of rotatable bonds is 13. The molecule has 0 amide bonds. The van der Waals surface area contributed by atoms with Gasteiger partial charge >= 0.3 is 29.8 Å². The van der Waals surface area contributed by atoms with Gasteiger partial charge in [-0.05, 0) is 62.0 Å². The highest BCUT2D eigenvalue weighted by Crippen LogP contribution is 2.05. The van der Waals surface area contributed by atoms with Crippen molar-refractivity contribution in [1.29, 1.82) is 0 Å². The first-order valence-corrected chi connectivity index (χ1v) is 15.5. The first-order chi connectivity index (χ1) is 19.7. The number of thioether (sulfide) groups is 1. The smallest absolute Gasteiger partial charge is 0.320 e. The van der Waals surface area contributed by atoms with Crippen LogP contribution in [0.3, 0.4) is 0 Å². The van der Waals surface area contributed by atoms with Gasteiger partial charge in [-0.1, -0.05) is 48.0 Å². The first-order valence-electron chi connectivity index (χ1n) is 14.1. The number of aliphatic carboxylic acids is 5. The molecule has 14 N–H and O–H groups in total. The highest BCUT2D eigenvalue weighted by Gasteiger charge is 2.20. The van der Waals surface area contributed by atoms with Crippen LogP contribution in [0.25, 0.3) is 0 Å². The summed E-state index contributed by atoms with van der Waals surface area (Å²) in [4.78, 5) is 50.5. The molecule has 0 aliphatic carbocycles. The van der Waals surface area contributed by atoms with Crippen LogP contribution in [-0.4, -0.2) is 104 Å². The highest BCUT2D eigenvalue weighted by atomic mass is 32.2. The number of carboxylic acids is 5. The molecule has 15 nitrogen and oxygen atoms in total. The van der Waals surface area contributed by atoms with E-state index in [2.05, 4.69) is 5.32 Å². The number of carboxylic acid groups (broad SMARTS) is 5. The summed E-state index contributed by atoms with van der Waals surface area (Å²) in [7, 11) is 0. The molecular formula is C27H57N5O10S. The van der Waals surface area contributed by atoms with Gasteiger partial charge < -0.3 is 53.8 Å². The van der Waals surface area contributed by atoms with Crippen molar-refractivity contribution in [2.24, 2.45) is 40.7 Å². The van der Waals surface area contributed by atoms with Gasteiger partial charge in [-0.25, -0.2) is 0 Å². The number of carbonyl (C=O) groups is 5. The number of nitrogens with one attached hydrogen (secondary N) is 1. The van der Waals surface area contributed by atoms with Crippen LogP contribution in [0.5, 0.6) is 0 Å². The summed E-state index contributed by atoms with van der Waals surface area (Å²) in [5.74, 6) is -3.13. The number of hydrogen-bond acceptors (Lipinski definition) is 11. The second-order valence-corrected chi connectivity index (χ2v) is 11.6. The van der Waals surface area contributed by atoms with Crippen LogP contribution < -0.4 is 28.3 Å². The van der Waals surface area contributed by atoms with E-state index in [9.17, 15) is 24.0 Å². The van der Waals surface area contributed by atoms with Crippen LogP contribution in [-0.2, 0) is 24.0 Å². The Labute approximate surface area is 259 Å². The molecule has 1 aliphatic rings. The van der Waals surface area contributed by atoms with Crippen LogP contribution in [0, 0.1) is 17.8 Å². The summed E-state index contributed by atoms with van der Waals surface area (Å²) in [6.07, 6.45) is 5.63. The maximum absolute atomic E-state index is 10.2. The van der Waals surface area contributed by atoms with E-state index in [4.69, 9.17) is 48.5 Å². The van der Waals surface area contributed by atoms with E-state index in [1.807, 2.05) is 34.0 Å². The minimum Gasteiger partial charge on any atom is -0.480 e. The van der Waals surface area contributed by atoms with Crippen LogP contribution in [0.15, 0.2) is 0 Å². The highest BCUT2D eigenvalue weighted by molar-refractivity contribution is 7.98. The van der Waals surface area contributed by atoms with Crippen LogP contribution >= 0.6 is 11.8 Å². The van der Waals surface area contributed by atoms with Gasteiger partial charge in [-0.3, -0.25) is 24.0 Å². The standard InChI is InChI=1S/2C6H13NO2.C5H11NO2S.C5H9NO2.C5H11NO2/c1-4(2)3-5(7)6(8)9;1-3-4(2)5(7)6(8)9;1-9-3-2-4(6)5(7)8;7-5(8)4-2-1-3-6-4;1-3(2)4(6)5(7)8/h2*4-5H,3,7H2,1-2H3,(H,8,9);4H,2-3,6H2,1H3,(H,7,8);4,6H,1-3H2,(H,7,8);3-4H,6H2,1-2H3,(H,7,8). The maximum Gasteiger partial charge on any atom is 0.320 e. The largest absolute Gasteiger partial charge is 0.480 e. The van der Waals surface area contributed by atoms with Crippen molar-refractivity contribution in [2.45, 2.75) is 104 Å². The Morgan fingerprint density at radius 1 is 0.791 bits per heavy atom. The van der Waals surface area contributed by atoms with Crippen LogP contribution in [0.4, 0.5) is 0 Å². The Kier molecular flexibility index (Phi) is 31.2. The molecule has 0 aromatic heterocycles. The predicted molar refractivity (Wildman–Crippen MR) is 168 cm³/mol. The molecule has 6 atom stereocenters. The van der Waals surface area contributed by atoms with Crippen molar-refractivity contribution in [3.63, 3.8) is 0 Å². The SMILES string of the molecule is CC(C)C(N)C(=O)O.CC(C)CC(N)C(=O)O.CCC(C)C(N)C(=O)O.CSCCC(N)C(=O)O.O=C(O)C1CCCN1. The van der Waals surface area contributed by atoms with Crippen LogP contribution in [0.2, 0.25) is 0 Å². The summed E-state index contributed by atoms with van der Waals surface area (Å²) < 4.78 is 0. The van der Waals surface area contributed by atoms with Crippen molar-refractivity contribution in [3.8, 4) is 0 Å². The normalized spacial score (nSPS) is 17.0. The van der Waals surface area contributed by atoms with Gasteiger partial charge in [0.1, 0.15) is 30.2 Å². The molecule has 1 saturated heterocycles. The van der Waals surface area contributed by atoms with Gasteiger partial charge in [0.25, 0.3) is 0 Å². The Bertz CT molecular complexity index is 771. The first kappa shape index (κ1) is 47.4. The van der Waals surface area contributed by atoms with Gasteiger partial charge in [-0.2, -0.15) is 11.8 Å². The molecule has 0 aromatic rings. The van der Waals surface area contributed by atoms with Crippen molar-refractivity contribution in [3.05, 3.63) is 0 Å². The van der Waals surface area contributed by atoms with Gasteiger partial charge in [-0.15, -0.1) is 0 Å². The second kappa shape index (κ2) is 28.3. The lowest BCUT2D eigenvalue weighted by Crippen LogP contribution is -2.36. The summed E-state index contributed by atoms with van der Waals surface area (Å²) in [5, 5.41) is 44.4. The Hall–Kier alpha value is -2.50. The topological polar surface area (TPSA) is 303 Å². The third kappa shape index (κ3) is 30.8. The molecule has 1 aliphatic heterocycles. The monoisotopic (exact) mass is 643 g/mol. The summed E-state index contributed by atoms with van der Waals surface area (Å²) in [5.41, 5.74) is 20.8. The maximum atomic E-state index is 10.2. The number of hydrogen-bond donors (Lipinski definition) is 10. The van der Waals surface area contributed by atoms with E-state index >= 15 is 0 Å². The zero-order chi connectivity index (χ0) is 34.9. The minimum absolute atomic E-state index is 0.0208. The third-order valence-corrected chi connectivity index (χ3v) is 6.54. The minimum atomic E-state index is -0.931. The van der Waals surface area contributed by atoms with E-state index in [1.165, 1.54) is 0 Å². The zero-order valence-electron chi connectivity index (χ0n) is 26.6. The lowest BCUT2D eigenvalue weighted by molar-refractivity contribution is -0.140. The fourth-order valence-corrected chi connectivity index (χ4v) is 3.14. The van der Waals surface area contributed by atoms with Gasteiger partial charge in [0.05, 0.1) is 0 Å². The third-order valence-electron chi connectivity index (χ3n) is 5.90. The van der Waals surface area contributed by atoms with Crippen molar-refractivity contribution < 1.29 is 49.5 Å². The van der Waals surface area contributed by atoms with E-state index in [1.54, 1.807) is 25.6 Å². The fourth-order valence-electron chi connectivity index (χ4n) is 2.65. The molecule has 1 heterocycles. The number of nitrogens with two attached hydrogens (primary N) is 4. The molecule has 0 aromatic carbocycles. The quantitative estimate of drug-likeness (QED) is 0.133. The Morgan fingerprint density at radius 2 is 1.26 bits per heavy atom. The average Bonchev–Trinajstić information content (AvgIpc) is 3.46. The van der Waals surface area contributed by atoms with Crippen molar-refractivity contribution in [2.75, 3.05) is 18.6 Å². The van der Waals surface area contributed by atoms with Gasteiger partial charge in [0.2, 0.25) is 0 Å². The summed E-state index contributed by atoms with van der Waals surface area (Å²) >= 11 is 1.60. The molecule has 256 valence electrons. The van der Waals surface area contributed by atoms with Gasteiger partial charge in [0.15, 0.2) is 0 Å². The second-order valence-electron chi connectivity index (χ2n) is 10.6. The molecule has 1 fully saturated rings. The Balaban J connectivity index is -0.000000221. The molecule has 0 radical (unpaired) electrons. The lowest BCUT2D eigenvalue weighted by Gasteiger charge is -2.11. The van der Waals surface area contributed by atoms with E-state index in [-0.39, 0.29) is 17.9 Å². The van der Waals surface area contributed by atoms with Crippen molar-refractivity contribution >= 4 is 41.6 Å². The molecule has 6 unspecified atom stereocenters. The summed E-state index contributed by atoms with van der Waals surface area (Å²) in [6, 6.07) is -3.05. The average molecular weight is 644 g/mol. The molecule has 1 rings (SSSR count). The molecule has 0 spiro atoms. The van der Waals surface area contributed by atoms with Crippen LogP contribution in [0.1, 0.15) is 73.6 Å². The van der Waals surface area contributed by atoms with Gasteiger partial charge in [0, 0.05) is 0 Å². The van der Waals surface area contributed by atoms with E-state index < -0.39 is 54.0 Å². The molecule has 0 bridgehead atoms.